The van der Waals surface area contributed by atoms with E-state index in [4.69, 9.17) is 15.9 Å². The van der Waals surface area contributed by atoms with E-state index in [2.05, 4.69) is 4.74 Å². The SMILES string of the molecule is NC(CC(=O)O)C(=O)OCO. The summed E-state index contributed by atoms with van der Waals surface area (Å²) in [7, 11) is 0. The average Bonchev–Trinajstić information content (AvgIpc) is 1.86. The zero-order valence-corrected chi connectivity index (χ0v) is 5.69. The van der Waals surface area contributed by atoms with Crippen molar-refractivity contribution in [3.8, 4) is 0 Å². The Morgan fingerprint density at radius 2 is 2.09 bits per heavy atom. The highest BCUT2D eigenvalue weighted by Crippen LogP contribution is 1.90. The van der Waals surface area contributed by atoms with Crippen molar-refractivity contribution in [2.75, 3.05) is 6.79 Å². The summed E-state index contributed by atoms with van der Waals surface area (Å²) >= 11 is 0. The Balaban J connectivity index is 3.73. The van der Waals surface area contributed by atoms with Crippen LogP contribution < -0.4 is 5.73 Å². The molecule has 0 aliphatic heterocycles. The third kappa shape index (κ3) is 4.29. The molecule has 1 atom stereocenters. The first-order valence-electron chi connectivity index (χ1n) is 2.82. The largest absolute Gasteiger partial charge is 0.481 e. The maximum atomic E-state index is 10.5. The standard InChI is InChI=1S/C5H9NO5/c6-3(1-4(8)9)5(10)11-2-7/h3,7H,1-2,6H2,(H,8,9). The summed E-state index contributed by atoms with van der Waals surface area (Å²) in [6.07, 6.45) is -0.501. The molecule has 0 heterocycles. The van der Waals surface area contributed by atoms with Crippen LogP contribution in [0.2, 0.25) is 0 Å². The number of aliphatic carboxylic acids is 1. The molecule has 0 spiro atoms. The lowest BCUT2D eigenvalue weighted by Gasteiger charge is -2.05. The highest BCUT2D eigenvalue weighted by atomic mass is 16.6. The summed E-state index contributed by atoms with van der Waals surface area (Å²) in [6.45, 7) is -0.786. The lowest BCUT2D eigenvalue weighted by molar-refractivity contribution is -0.156. The van der Waals surface area contributed by atoms with Crippen molar-refractivity contribution in [1.82, 2.24) is 0 Å². The van der Waals surface area contributed by atoms with Gasteiger partial charge in [-0.15, -0.1) is 0 Å². The van der Waals surface area contributed by atoms with Gasteiger partial charge in [0.15, 0.2) is 6.79 Å². The van der Waals surface area contributed by atoms with Crippen LogP contribution in [0.5, 0.6) is 0 Å². The van der Waals surface area contributed by atoms with Gasteiger partial charge in [0.1, 0.15) is 6.04 Å². The quantitative estimate of drug-likeness (QED) is 0.336. The molecule has 0 aromatic carbocycles. The minimum atomic E-state index is -1.21. The maximum absolute atomic E-state index is 10.5. The van der Waals surface area contributed by atoms with Crippen LogP contribution in [-0.2, 0) is 14.3 Å². The highest BCUT2D eigenvalue weighted by Gasteiger charge is 2.17. The van der Waals surface area contributed by atoms with Gasteiger partial charge in [0, 0.05) is 0 Å². The van der Waals surface area contributed by atoms with E-state index in [1.165, 1.54) is 0 Å². The van der Waals surface area contributed by atoms with Crippen LogP contribution in [0.1, 0.15) is 6.42 Å². The van der Waals surface area contributed by atoms with Crippen LogP contribution in [-0.4, -0.2) is 35.0 Å². The summed E-state index contributed by atoms with van der Waals surface area (Å²) < 4.78 is 4.03. The molecular formula is C5H9NO5. The second kappa shape index (κ2) is 4.64. The van der Waals surface area contributed by atoms with E-state index in [1.54, 1.807) is 0 Å². The van der Waals surface area contributed by atoms with Crippen LogP contribution in [0.4, 0.5) is 0 Å². The van der Waals surface area contributed by atoms with E-state index < -0.39 is 31.2 Å². The summed E-state index contributed by atoms with van der Waals surface area (Å²) in [6, 6.07) is -1.21. The Morgan fingerprint density at radius 1 is 1.55 bits per heavy atom. The smallest absolute Gasteiger partial charge is 0.325 e. The van der Waals surface area contributed by atoms with Crippen molar-refractivity contribution in [3.05, 3.63) is 0 Å². The van der Waals surface area contributed by atoms with E-state index in [1.807, 2.05) is 0 Å². The number of carbonyl (C=O) groups is 2. The van der Waals surface area contributed by atoms with E-state index in [-0.39, 0.29) is 0 Å². The summed E-state index contributed by atoms with van der Waals surface area (Å²) in [5.41, 5.74) is 5.04. The third-order valence-electron chi connectivity index (χ3n) is 0.904. The molecule has 4 N–H and O–H groups in total. The van der Waals surface area contributed by atoms with Crippen LogP contribution in [0.15, 0.2) is 0 Å². The molecule has 6 nitrogen and oxygen atoms in total. The summed E-state index contributed by atoms with van der Waals surface area (Å²) in [4.78, 5) is 20.5. The summed E-state index contributed by atoms with van der Waals surface area (Å²) in [5, 5.41) is 16.2. The van der Waals surface area contributed by atoms with Crippen LogP contribution >= 0.6 is 0 Å². The number of aliphatic hydroxyl groups is 1. The average molecular weight is 163 g/mol. The van der Waals surface area contributed by atoms with Crippen molar-refractivity contribution in [3.63, 3.8) is 0 Å². The lowest BCUT2D eigenvalue weighted by Crippen LogP contribution is -2.34. The maximum Gasteiger partial charge on any atom is 0.325 e. The molecule has 0 aromatic rings. The third-order valence-corrected chi connectivity index (χ3v) is 0.904. The molecule has 1 unspecified atom stereocenters. The Morgan fingerprint density at radius 3 is 2.45 bits per heavy atom. The van der Waals surface area contributed by atoms with E-state index in [0.717, 1.165) is 0 Å². The molecule has 0 rings (SSSR count). The second-order valence-electron chi connectivity index (χ2n) is 1.80. The van der Waals surface area contributed by atoms with Crippen LogP contribution in [0.25, 0.3) is 0 Å². The predicted molar refractivity (Wildman–Crippen MR) is 33.4 cm³/mol. The molecule has 0 aliphatic carbocycles. The van der Waals surface area contributed by atoms with Gasteiger partial charge in [-0.1, -0.05) is 0 Å². The molecule has 64 valence electrons. The van der Waals surface area contributed by atoms with Crippen molar-refractivity contribution in [2.45, 2.75) is 12.5 Å². The molecule has 0 bridgehead atoms. The van der Waals surface area contributed by atoms with Gasteiger partial charge in [0.2, 0.25) is 0 Å². The van der Waals surface area contributed by atoms with Gasteiger partial charge in [-0.05, 0) is 0 Å². The van der Waals surface area contributed by atoms with Gasteiger partial charge in [-0.2, -0.15) is 0 Å². The zero-order valence-electron chi connectivity index (χ0n) is 5.69. The Hall–Kier alpha value is -1.14. The van der Waals surface area contributed by atoms with Crippen molar-refractivity contribution < 1.29 is 24.5 Å². The van der Waals surface area contributed by atoms with Gasteiger partial charge >= 0.3 is 11.9 Å². The fraction of sp³-hybridized carbons (Fsp3) is 0.600. The lowest BCUT2D eigenvalue weighted by atomic mass is 10.2. The Bertz CT molecular complexity index is 157. The van der Waals surface area contributed by atoms with Crippen molar-refractivity contribution in [1.29, 1.82) is 0 Å². The van der Waals surface area contributed by atoms with E-state index in [9.17, 15) is 9.59 Å². The zero-order chi connectivity index (χ0) is 8.85. The normalized spacial score (nSPS) is 12.2. The Kier molecular flexibility index (Phi) is 4.16. The molecule has 0 fully saturated rings. The number of hydrogen-bond donors (Lipinski definition) is 3. The van der Waals surface area contributed by atoms with Crippen LogP contribution in [0.3, 0.4) is 0 Å². The molecule has 0 aliphatic rings. The predicted octanol–water partition coefficient (Wildman–Crippen LogP) is -1.72. The first kappa shape index (κ1) is 9.86. The van der Waals surface area contributed by atoms with Crippen molar-refractivity contribution >= 4 is 11.9 Å². The molecule has 0 saturated carbocycles. The number of hydrogen-bond acceptors (Lipinski definition) is 5. The number of carboxylic acids is 1. The molecule has 0 aromatic heterocycles. The van der Waals surface area contributed by atoms with Gasteiger partial charge in [0.05, 0.1) is 6.42 Å². The summed E-state index contributed by atoms with van der Waals surface area (Å²) in [5.74, 6) is -2.11. The second-order valence-corrected chi connectivity index (χ2v) is 1.80. The monoisotopic (exact) mass is 163 g/mol. The highest BCUT2D eigenvalue weighted by molar-refractivity contribution is 5.81. The number of nitrogens with two attached hydrogens (primary N) is 1. The van der Waals surface area contributed by atoms with E-state index >= 15 is 0 Å². The number of carbonyl (C=O) groups excluding carboxylic acids is 1. The number of aliphatic hydroxyl groups excluding tert-OH is 1. The Labute approximate surface area is 62.6 Å². The van der Waals surface area contributed by atoms with Gasteiger partial charge < -0.3 is 20.7 Å². The molecule has 11 heavy (non-hydrogen) atoms. The number of esters is 1. The first-order chi connectivity index (χ1) is 5.07. The topological polar surface area (TPSA) is 110 Å². The number of rotatable bonds is 4. The molecule has 0 saturated heterocycles. The number of ether oxygens (including phenoxy) is 1. The fourth-order valence-electron chi connectivity index (χ4n) is 0.442. The fourth-order valence-corrected chi connectivity index (χ4v) is 0.442. The molecular weight excluding hydrogens is 154 g/mol. The molecule has 0 amide bonds. The minimum absolute atomic E-state index is 0.501. The van der Waals surface area contributed by atoms with Gasteiger partial charge in [-0.25, -0.2) is 0 Å². The number of carboxylic acid groups (broad SMARTS) is 1. The van der Waals surface area contributed by atoms with Crippen LogP contribution in [0, 0.1) is 0 Å². The first-order valence-corrected chi connectivity index (χ1v) is 2.82. The van der Waals surface area contributed by atoms with Gasteiger partial charge in [0.25, 0.3) is 0 Å². The molecule has 6 heteroatoms. The van der Waals surface area contributed by atoms with E-state index in [0.29, 0.717) is 0 Å². The minimum Gasteiger partial charge on any atom is -0.481 e. The van der Waals surface area contributed by atoms with Gasteiger partial charge in [-0.3, -0.25) is 9.59 Å². The van der Waals surface area contributed by atoms with Crippen molar-refractivity contribution in [2.24, 2.45) is 5.73 Å². The molecule has 0 radical (unpaired) electrons.